The minimum absolute atomic E-state index is 0.561. The van der Waals surface area contributed by atoms with Gasteiger partial charge < -0.3 is 9.47 Å². The Morgan fingerprint density at radius 2 is 2.14 bits per heavy atom. The summed E-state index contributed by atoms with van der Waals surface area (Å²) >= 11 is 4.35. The molecule has 1 aromatic carbocycles. The maximum Gasteiger partial charge on any atom is 0.133 e. The molecule has 0 heterocycles. The van der Waals surface area contributed by atoms with Gasteiger partial charge >= 0.3 is 0 Å². The third-order valence-corrected chi connectivity index (χ3v) is 2.39. The third kappa shape index (κ3) is 2.30. The monoisotopic (exact) mass is 210 g/mol. The highest BCUT2D eigenvalue weighted by atomic mass is 32.1. The van der Waals surface area contributed by atoms with Gasteiger partial charge in [0, 0.05) is 7.11 Å². The van der Waals surface area contributed by atoms with Crippen LogP contribution in [0, 0.1) is 0 Å². The minimum Gasteiger partial charge on any atom is -0.496 e. The van der Waals surface area contributed by atoms with Gasteiger partial charge in [0.05, 0.1) is 18.6 Å². The van der Waals surface area contributed by atoms with Gasteiger partial charge in [0.15, 0.2) is 0 Å². The highest BCUT2D eigenvalue weighted by molar-refractivity contribution is 7.80. The first-order valence-electron chi connectivity index (χ1n) is 4.24. The zero-order valence-electron chi connectivity index (χ0n) is 8.41. The van der Waals surface area contributed by atoms with E-state index in [1.807, 2.05) is 12.1 Å². The molecule has 1 aromatic rings. The Bertz CT molecular complexity index is 334. The van der Waals surface area contributed by atoms with E-state index in [4.69, 9.17) is 9.47 Å². The zero-order valence-corrected chi connectivity index (χ0v) is 9.30. The Labute approximate surface area is 89.9 Å². The molecule has 0 atom stereocenters. The van der Waals surface area contributed by atoms with Crippen LogP contribution in [0.15, 0.2) is 23.6 Å². The fraction of sp³-hybridized carbons (Fsp3) is 0.273. The number of methoxy groups -OCH3 is 2. The van der Waals surface area contributed by atoms with Crippen molar-refractivity contribution in [2.24, 2.45) is 0 Å². The number of hydrogen-bond donors (Lipinski definition) is 1. The van der Waals surface area contributed by atoms with E-state index in [9.17, 15) is 0 Å². The molecular formula is C11H14O2S. The van der Waals surface area contributed by atoms with Gasteiger partial charge in [-0.15, -0.1) is 12.6 Å². The summed E-state index contributed by atoms with van der Waals surface area (Å²) < 4.78 is 10.2. The van der Waals surface area contributed by atoms with E-state index in [1.165, 1.54) is 0 Å². The maximum absolute atomic E-state index is 5.19. The van der Waals surface area contributed by atoms with Crippen LogP contribution in [0.4, 0.5) is 0 Å². The van der Waals surface area contributed by atoms with Gasteiger partial charge in [0.1, 0.15) is 5.75 Å². The molecule has 0 spiro atoms. The van der Waals surface area contributed by atoms with Gasteiger partial charge in [-0.2, -0.15) is 0 Å². The molecule has 0 bridgehead atoms. The Kier molecular flexibility index (Phi) is 4.04. The number of ether oxygens (including phenoxy) is 2. The molecule has 14 heavy (non-hydrogen) atoms. The van der Waals surface area contributed by atoms with Crippen LogP contribution in [0.3, 0.4) is 0 Å². The summed E-state index contributed by atoms with van der Waals surface area (Å²) in [7, 11) is 3.28. The second-order valence-corrected chi connectivity index (χ2v) is 3.32. The summed E-state index contributed by atoms with van der Waals surface area (Å²) in [5, 5.41) is 0. The lowest BCUT2D eigenvalue weighted by atomic mass is 10.1. The molecule has 0 amide bonds. The van der Waals surface area contributed by atoms with E-state index in [0.29, 0.717) is 6.61 Å². The lowest BCUT2D eigenvalue weighted by Gasteiger charge is -2.09. The molecule has 0 aliphatic heterocycles. The fourth-order valence-corrected chi connectivity index (χ4v) is 1.56. The topological polar surface area (TPSA) is 18.5 Å². The Morgan fingerprint density at radius 1 is 1.43 bits per heavy atom. The van der Waals surface area contributed by atoms with Crippen molar-refractivity contribution < 1.29 is 9.47 Å². The summed E-state index contributed by atoms with van der Waals surface area (Å²) in [5.74, 6) is 0.748. The minimum atomic E-state index is 0.561. The molecule has 0 aliphatic carbocycles. The predicted molar refractivity (Wildman–Crippen MR) is 61.1 cm³/mol. The first-order chi connectivity index (χ1) is 6.72. The van der Waals surface area contributed by atoms with E-state index in [0.717, 1.165) is 21.8 Å². The van der Waals surface area contributed by atoms with Crippen molar-refractivity contribution in [1.82, 2.24) is 0 Å². The van der Waals surface area contributed by atoms with Gasteiger partial charge in [0.2, 0.25) is 0 Å². The number of benzene rings is 1. The second-order valence-electron chi connectivity index (χ2n) is 2.87. The summed E-state index contributed by atoms with van der Waals surface area (Å²) in [5.41, 5.74) is 2.01. The van der Waals surface area contributed by atoms with E-state index in [-0.39, 0.29) is 0 Å². The standard InChI is InChI=1S/C11H14O2S/c1-4-9-5-8(7-12-2)6-10(13-3)11(9)14/h4-6,14H,1,7H2,2-3H3. The van der Waals surface area contributed by atoms with Crippen LogP contribution in [0.5, 0.6) is 5.75 Å². The molecule has 0 aliphatic rings. The van der Waals surface area contributed by atoms with Crippen molar-refractivity contribution in [1.29, 1.82) is 0 Å². The molecule has 3 heteroatoms. The Morgan fingerprint density at radius 3 is 2.64 bits per heavy atom. The van der Waals surface area contributed by atoms with Gasteiger partial charge in [0.25, 0.3) is 0 Å². The largest absolute Gasteiger partial charge is 0.496 e. The maximum atomic E-state index is 5.19. The van der Waals surface area contributed by atoms with E-state index < -0.39 is 0 Å². The van der Waals surface area contributed by atoms with Crippen LogP contribution in [0.1, 0.15) is 11.1 Å². The Balaban J connectivity index is 3.17. The summed E-state index contributed by atoms with van der Waals surface area (Å²) in [6.07, 6.45) is 1.75. The first kappa shape index (κ1) is 11.1. The molecule has 0 radical (unpaired) electrons. The zero-order chi connectivity index (χ0) is 10.6. The summed E-state index contributed by atoms with van der Waals surface area (Å²) in [6.45, 7) is 4.28. The molecule has 0 saturated carbocycles. The van der Waals surface area contributed by atoms with E-state index in [1.54, 1.807) is 20.3 Å². The third-order valence-electron chi connectivity index (χ3n) is 1.92. The van der Waals surface area contributed by atoms with Crippen molar-refractivity contribution in [3.63, 3.8) is 0 Å². The second kappa shape index (κ2) is 5.08. The van der Waals surface area contributed by atoms with Crippen molar-refractivity contribution in [2.45, 2.75) is 11.5 Å². The van der Waals surface area contributed by atoms with Crippen molar-refractivity contribution in [3.05, 3.63) is 29.8 Å². The van der Waals surface area contributed by atoms with Gasteiger partial charge in [-0.25, -0.2) is 0 Å². The SMILES string of the molecule is C=Cc1cc(COC)cc(OC)c1S. The molecule has 0 saturated heterocycles. The van der Waals surface area contributed by atoms with E-state index in [2.05, 4.69) is 19.2 Å². The lowest BCUT2D eigenvalue weighted by molar-refractivity contribution is 0.184. The van der Waals surface area contributed by atoms with Crippen LogP contribution in [-0.4, -0.2) is 14.2 Å². The fourth-order valence-electron chi connectivity index (χ4n) is 1.25. The van der Waals surface area contributed by atoms with Crippen LogP contribution in [0.25, 0.3) is 6.08 Å². The molecule has 0 aromatic heterocycles. The smallest absolute Gasteiger partial charge is 0.133 e. The van der Waals surface area contributed by atoms with Crippen LogP contribution in [-0.2, 0) is 11.3 Å². The highest BCUT2D eigenvalue weighted by Gasteiger charge is 2.05. The molecule has 0 fully saturated rings. The average molecular weight is 210 g/mol. The van der Waals surface area contributed by atoms with Gasteiger partial charge in [-0.05, 0) is 23.3 Å². The van der Waals surface area contributed by atoms with Crippen molar-refractivity contribution in [2.75, 3.05) is 14.2 Å². The summed E-state index contributed by atoms with van der Waals surface area (Å²) in [4.78, 5) is 0.808. The van der Waals surface area contributed by atoms with E-state index >= 15 is 0 Å². The molecule has 0 N–H and O–H groups in total. The Hall–Kier alpha value is -0.930. The molecule has 76 valence electrons. The average Bonchev–Trinajstić information content (AvgIpc) is 2.20. The lowest BCUT2D eigenvalue weighted by Crippen LogP contribution is -1.93. The first-order valence-corrected chi connectivity index (χ1v) is 4.69. The number of thiol groups is 1. The normalized spacial score (nSPS) is 9.93. The number of rotatable bonds is 4. The molecule has 2 nitrogen and oxygen atoms in total. The van der Waals surface area contributed by atoms with Crippen LogP contribution < -0.4 is 4.74 Å². The molecule has 0 unspecified atom stereocenters. The highest BCUT2D eigenvalue weighted by Crippen LogP contribution is 2.29. The van der Waals surface area contributed by atoms with Crippen molar-refractivity contribution >= 4 is 18.7 Å². The molecule has 1 rings (SSSR count). The number of hydrogen-bond acceptors (Lipinski definition) is 3. The summed E-state index contributed by atoms with van der Waals surface area (Å²) in [6, 6.07) is 3.90. The quantitative estimate of drug-likeness (QED) is 0.770. The van der Waals surface area contributed by atoms with Crippen LogP contribution >= 0.6 is 12.6 Å². The van der Waals surface area contributed by atoms with Gasteiger partial charge in [-0.1, -0.05) is 12.7 Å². The van der Waals surface area contributed by atoms with Gasteiger partial charge in [-0.3, -0.25) is 0 Å². The van der Waals surface area contributed by atoms with Crippen molar-refractivity contribution in [3.8, 4) is 5.75 Å². The molecular weight excluding hydrogens is 196 g/mol. The van der Waals surface area contributed by atoms with Crippen LogP contribution in [0.2, 0.25) is 0 Å². The predicted octanol–water partition coefficient (Wildman–Crippen LogP) is 2.77.